The maximum atomic E-state index is 12.4. The lowest BCUT2D eigenvalue weighted by atomic mass is 10.1. The zero-order chi connectivity index (χ0) is 19.7. The maximum Gasteiger partial charge on any atom is 0.225 e. The number of H-pyrrole nitrogens is 1. The van der Waals surface area contributed by atoms with Gasteiger partial charge in [0.25, 0.3) is 0 Å². The molecular formula is C16H14ClN5O. The lowest BCUT2D eigenvalue weighted by Crippen LogP contribution is -2.12. The zero-order valence-electron chi connectivity index (χ0n) is 15.7. The predicted molar refractivity (Wildman–Crippen MR) is 88.0 cm³/mol. The van der Waals surface area contributed by atoms with Gasteiger partial charge in [0, 0.05) is 42.1 Å². The lowest BCUT2D eigenvalue weighted by molar-refractivity contribution is -0.116. The summed E-state index contributed by atoms with van der Waals surface area (Å²) in [4.78, 5) is 20.1. The Morgan fingerprint density at radius 3 is 2.87 bits per heavy atom. The van der Waals surface area contributed by atoms with E-state index >= 15 is 0 Å². The first-order valence-corrected chi connectivity index (χ1v) is 6.99. The first-order valence-electron chi connectivity index (χ1n) is 8.61. The van der Waals surface area contributed by atoms with Gasteiger partial charge in [-0.05, 0) is 30.1 Å². The summed E-state index contributed by atoms with van der Waals surface area (Å²) in [5.41, 5.74) is 1.27. The van der Waals surface area contributed by atoms with Gasteiger partial charge in [0.1, 0.15) is 5.15 Å². The Labute approximate surface area is 143 Å². The first kappa shape index (κ1) is 10.9. The second kappa shape index (κ2) is 7.02. The average molecular weight is 332 g/mol. The van der Waals surface area contributed by atoms with Crippen molar-refractivity contribution in [2.45, 2.75) is 12.7 Å². The van der Waals surface area contributed by atoms with Crippen LogP contribution in [0, 0.1) is 0 Å². The molecule has 23 heavy (non-hydrogen) atoms. The van der Waals surface area contributed by atoms with E-state index in [-0.39, 0.29) is 16.5 Å². The molecule has 0 saturated carbocycles. The van der Waals surface area contributed by atoms with Crippen molar-refractivity contribution in [1.29, 1.82) is 0 Å². The summed E-state index contributed by atoms with van der Waals surface area (Å²) in [7, 11) is 0. The van der Waals surface area contributed by atoms with Gasteiger partial charge in [-0.3, -0.25) is 14.9 Å². The Kier molecular flexibility index (Phi) is 3.33. The van der Waals surface area contributed by atoms with E-state index in [1.54, 1.807) is 24.5 Å². The van der Waals surface area contributed by atoms with Gasteiger partial charge in [-0.2, -0.15) is 5.10 Å². The molecule has 0 aliphatic rings. The second-order valence-electron chi connectivity index (χ2n) is 4.48. The molecule has 3 heterocycles. The van der Waals surface area contributed by atoms with Crippen molar-refractivity contribution in [3.05, 3.63) is 59.6 Å². The summed E-state index contributed by atoms with van der Waals surface area (Å²) in [6, 6.07) is 7.62. The van der Waals surface area contributed by atoms with Crippen LogP contribution in [0.25, 0.3) is 11.3 Å². The van der Waals surface area contributed by atoms with Crippen LogP contribution in [0.2, 0.25) is 5.15 Å². The third kappa shape index (κ3) is 4.14. The fourth-order valence-electron chi connectivity index (χ4n) is 1.79. The molecular weight excluding hydrogens is 314 g/mol. The number of amides is 1. The number of nitrogens with zero attached hydrogens (tertiary/aromatic N) is 3. The van der Waals surface area contributed by atoms with Crippen molar-refractivity contribution < 1.29 is 10.3 Å². The number of rotatable bonds is 5. The number of carbonyl (C=O) groups excluding carboxylic acids is 1. The van der Waals surface area contributed by atoms with Crippen molar-refractivity contribution in [2.75, 3.05) is 5.32 Å². The SMILES string of the molecule is [2H]C([2H])(C(=O)Nc1cc(-c2ccncc2)[nH]n1)C([2H])([2H])c1ccc(Cl)nc1. The number of carbonyl (C=O) groups is 1. The van der Waals surface area contributed by atoms with E-state index in [9.17, 15) is 4.79 Å². The van der Waals surface area contributed by atoms with Gasteiger partial charge in [-0.15, -0.1) is 0 Å². The number of nitrogens with one attached hydrogen (secondary N) is 2. The van der Waals surface area contributed by atoms with Gasteiger partial charge in [0.15, 0.2) is 5.82 Å². The van der Waals surface area contributed by atoms with Crippen LogP contribution >= 0.6 is 11.6 Å². The normalized spacial score (nSPS) is 14.3. The van der Waals surface area contributed by atoms with E-state index in [1.807, 2.05) is 0 Å². The Morgan fingerprint density at radius 2 is 2.13 bits per heavy atom. The smallest absolute Gasteiger partial charge is 0.225 e. The molecule has 3 rings (SSSR count). The number of aryl methyl sites for hydroxylation is 1. The number of hydrogen-bond acceptors (Lipinski definition) is 4. The topological polar surface area (TPSA) is 83.6 Å². The number of hydrogen-bond donors (Lipinski definition) is 2. The van der Waals surface area contributed by atoms with Gasteiger partial charge in [0.05, 0.1) is 5.69 Å². The Balaban J connectivity index is 1.80. The third-order valence-corrected chi connectivity index (χ3v) is 3.08. The highest BCUT2D eigenvalue weighted by atomic mass is 35.5. The minimum absolute atomic E-state index is 0.0701. The molecule has 0 fully saturated rings. The van der Waals surface area contributed by atoms with Crippen molar-refractivity contribution in [3.8, 4) is 11.3 Å². The minimum atomic E-state index is -2.89. The highest BCUT2D eigenvalue weighted by Gasteiger charge is 2.08. The molecule has 6 nitrogen and oxygen atoms in total. The molecule has 0 aliphatic carbocycles. The summed E-state index contributed by atoms with van der Waals surface area (Å²) in [6.07, 6.45) is -1.23. The molecule has 0 aromatic carbocycles. The van der Waals surface area contributed by atoms with Gasteiger partial charge >= 0.3 is 0 Å². The van der Waals surface area contributed by atoms with Crippen LogP contribution in [-0.4, -0.2) is 26.1 Å². The highest BCUT2D eigenvalue weighted by molar-refractivity contribution is 6.29. The Bertz CT molecular complexity index is 947. The fourth-order valence-corrected chi connectivity index (χ4v) is 1.90. The fraction of sp³-hybridized carbons (Fsp3) is 0.125. The molecule has 3 aromatic heterocycles. The number of halogens is 1. The third-order valence-electron chi connectivity index (χ3n) is 2.86. The van der Waals surface area contributed by atoms with Gasteiger partial charge in [-0.1, -0.05) is 17.7 Å². The molecule has 0 saturated heterocycles. The predicted octanol–water partition coefficient (Wildman–Crippen LogP) is 3.09. The van der Waals surface area contributed by atoms with Crippen molar-refractivity contribution in [3.63, 3.8) is 0 Å². The van der Waals surface area contributed by atoms with Gasteiger partial charge < -0.3 is 5.32 Å². The second-order valence-corrected chi connectivity index (χ2v) is 4.86. The van der Waals surface area contributed by atoms with Gasteiger partial charge in [0.2, 0.25) is 5.91 Å². The molecule has 0 bridgehead atoms. The van der Waals surface area contributed by atoms with E-state index in [0.717, 1.165) is 11.8 Å². The van der Waals surface area contributed by atoms with Crippen molar-refractivity contribution in [2.24, 2.45) is 0 Å². The number of pyridine rings is 2. The van der Waals surface area contributed by atoms with E-state index < -0.39 is 18.7 Å². The molecule has 0 aliphatic heterocycles. The molecule has 0 atom stereocenters. The zero-order valence-corrected chi connectivity index (χ0v) is 12.5. The van der Waals surface area contributed by atoms with Crippen LogP contribution in [0.15, 0.2) is 48.9 Å². The standard InChI is InChI=1S/C16H14ClN5O/c17-14-3-1-11(10-19-14)2-4-16(23)20-15-9-13(21-22-15)12-5-7-18-8-6-12/h1,3,5-10H,2,4H2,(H2,20,21,22,23)/i2D2,4D2. The molecule has 3 aromatic rings. The van der Waals surface area contributed by atoms with Gasteiger partial charge in [-0.25, -0.2) is 4.98 Å². The number of anilines is 1. The summed E-state index contributed by atoms with van der Waals surface area (Å²) < 4.78 is 32.2. The average Bonchev–Trinajstić information content (AvgIpc) is 3.11. The van der Waals surface area contributed by atoms with E-state index in [1.165, 1.54) is 18.2 Å². The quantitative estimate of drug-likeness (QED) is 0.704. The van der Waals surface area contributed by atoms with Crippen LogP contribution in [0.1, 0.15) is 17.4 Å². The maximum absolute atomic E-state index is 12.4. The molecule has 2 N–H and O–H groups in total. The van der Waals surface area contributed by atoms with Crippen LogP contribution in [0.3, 0.4) is 0 Å². The van der Waals surface area contributed by atoms with E-state index in [4.69, 9.17) is 17.1 Å². The van der Waals surface area contributed by atoms with Crippen molar-refractivity contribution in [1.82, 2.24) is 20.2 Å². The van der Waals surface area contributed by atoms with Crippen molar-refractivity contribution >= 4 is 23.3 Å². The minimum Gasteiger partial charge on any atom is -0.309 e. The Morgan fingerprint density at radius 1 is 1.30 bits per heavy atom. The number of aromatic nitrogens is 4. The molecule has 0 spiro atoms. The van der Waals surface area contributed by atoms with E-state index in [0.29, 0.717) is 5.69 Å². The molecule has 1 amide bonds. The van der Waals surface area contributed by atoms with Crippen LogP contribution in [-0.2, 0) is 11.2 Å². The van der Waals surface area contributed by atoms with Crippen LogP contribution in [0.5, 0.6) is 0 Å². The summed E-state index contributed by atoms with van der Waals surface area (Å²) >= 11 is 5.68. The molecule has 7 heteroatoms. The highest BCUT2D eigenvalue weighted by Crippen LogP contribution is 2.18. The van der Waals surface area contributed by atoms with Crippen LogP contribution < -0.4 is 5.32 Å². The summed E-state index contributed by atoms with van der Waals surface area (Å²) in [5, 5.41) is 9.08. The Hall–Kier alpha value is -2.73. The summed E-state index contributed by atoms with van der Waals surface area (Å²) in [6.45, 7) is 0. The molecule has 116 valence electrons. The van der Waals surface area contributed by atoms with E-state index in [2.05, 4.69) is 25.5 Å². The number of aromatic amines is 1. The van der Waals surface area contributed by atoms with Crippen LogP contribution in [0.4, 0.5) is 5.82 Å². The first-order chi connectivity index (χ1) is 12.7. The monoisotopic (exact) mass is 331 g/mol. The molecule has 0 radical (unpaired) electrons. The molecule has 0 unspecified atom stereocenters. The summed E-state index contributed by atoms with van der Waals surface area (Å²) in [5.74, 6) is -1.10. The largest absolute Gasteiger partial charge is 0.309 e. The lowest BCUT2D eigenvalue weighted by Gasteiger charge is -2.02.